The lowest BCUT2D eigenvalue weighted by Crippen LogP contribution is -2.34. The highest BCUT2D eigenvalue weighted by atomic mass is 79.9. The molecule has 0 unspecified atom stereocenters. The quantitative estimate of drug-likeness (QED) is 0.800. The molecule has 2 aromatic heterocycles. The zero-order valence-corrected chi connectivity index (χ0v) is 12.1. The Morgan fingerprint density at radius 2 is 2.17 bits per heavy atom. The minimum Gasteiger partial charge on any atom is -0.355 e. The van der Waals surface area contributed by atoms with Crippen LogP contribution in [0.4, 0.5) is 5.82 Å². The number of aryl methyl sites for hydroxylation is 1. The van der Waals surface area contributed by atoms with Gasteiger partial charge in [-0.25, -0.2) is 9.50 Å². The maximum atomic E-state index is 4.55. The van der Waals surface area contributed by atoms with Gasteiger partial charge in [-0.3, -0.25) is 0 Å². The van der Waals surface area contributed by atoms with Crippen molar-refractivity contribution < 1.29 is 0 Å². The monoisotopic (exact) mass is 308 g/mol. The highest BCUT2D eigenvalue weighted by Crippen LogP contribution is 2.26. The van der Waals surface area contributed by atoms with Crippen LogP contribution in [0.2, 0.25) is 0 Å². The molecule has 1 aliphatic rings. The van der Waals surface area contributed by atoms with E-state index in [4.69, 9.17) is 0 Å². The molecule has 0 atom stereocenters. The van der Waals surface area contributed by atoms with Crippen LogP contribution < -0.4 is 4.90 Å². The zero-order valence-electron chi connectivity index (χ0n) is 10.5. The first kappa shape index (κ1) is 12.0. The topological polar surface area (TPSA) is 33.4 Å². The lowest BCUT2D eigenvalue weighted by Gasteiger charge is -2.32. The molecule has 0 N–H and O–H groups in total. The fourth-order valence-electron chi connectivity index (χ4n) is 2.57. The minimum absolute atomic E-state index is 0.813. The molecular weight excluding hydrogens is 292 g/mol. The van der Waals surface area contributed by atoms with Crippen molar-refractivity contribution in [3.05, 3.63) is 24.2 Å². The molecular formula is C13H17BrN4. The first-order valence-electron chi connectivity index (χ1n) is 6.40. The normalized spacial score (nSPS) is 17.6. The summed E-state index contributed by atoms with van der Waals surface area (Å²) in [5, 5.41) is 5.56. The van der Waals surface area contributed by atoms with Gasteiger partial charge in [-0.1, -0.05) is 15.9 Å². The number of alkyl halides is 1. The standard InChI is InChI=1S/C13H17BrN4/c1-10-8-12-13(15-4-7-18(12)16-10)17-5-2-11(9-14)3-6-17/h4,7-8,11H,2-3,5-6,9H2,1H3. The fourth-order valence-corrected chi connectivity index (χ4v) is 3.22. The first-order valence-corrected chi connectivity index (χ1v) is 7.52. The van der Waals surface area contributed by atoms with E-state index in [9.17, 15) is 0 Å². The number of anilines is 1. The summed E-state index contributed by atoms with van der Waals surface area (Å²) in [6.07, 6.45) is 6.23. The largest absolute Gasteiger partial charge is 0.355 e. The van der Waals surface area contributed by atoms with Crippen molar-refractivity contribution >= 4 is 27.3 Å². The molecule has 96 valence electrons. The second kappa shape index (κ2) is 4.88. The van der Waals surface area contributed by atoms with Crippen LogP contribution in [-0.2, 0) is 0 Å². The molecule has 0 aromatic carbocycles. The molecule has 0 amide bonds. The molecule has 0 spiro atoms. The Morgan fingerprint density at radius 3 is 2.89 bits per heavy atom. The van der Waals surface area contributed by atoms with E-state index in [2.05, 4.69) is 37.0 Å². The van der Waals surface area contributed by atoms with Crippen molar-refractivity contribution in [3.8, 4) is 0 Å². The fraction of sp³-hybridized carbons (Fsp3) is 0.538. The van der Waals surface area contributed by atoms with Crippen LogP contribution >= 0.6 is 15.9 Å². The Labute approximate surface area is 115 Å². The van der Waals surface area contributed by atoms with Crippen LogP contribution in [0.3, 0.4) is 0 Å². The van der Waals surface area contributed by atoms with Crippen LogP contribution in [0, 0.1) is 12.8 Å². The highest BCUT2D eigenvalue weighted by molar-refractivity contribution is 9.09. The summed E-state index contributed by atoms with van der Waals surface area (Å²) in [5.74, 6) is 1.89. The molecule has 5 heteroatoms. The molecule has 1 fully saturated rings. The molecule has 0 aliphatic carbocycles. The van der Waals surface area contributed by atoms with Crippen LogP contribution in [-0.4, -0.2) is 33.0 Å². The van der Waals surface area contributed by atoms with E-state index in [1.54, 1.807) is 0 Å². The van der Waals surface area contributed by atoms with E-state index >= 15 is 0 Å². The summed E-state index contributed by atoms with van der Waals surface area (Å²) >= 11 is 3.58. The predicted octanol–water partition coefficient (Wildman–Crippen LogP) is 2.65. The number of rotatable bonds is 2. The van der Waals surface area contributed by atoms with Gasteiger partial charge in [-0.05, 0) is 31.7 Å². The van der Waals surface area contributed by atoms with Gasteiger partial charge in [0.05, 0.1) is 5.69 Å². The summed E-state index contributed by atoms with van der Waals surface area (Å²) in [4.78, 5) is 6.93. The smallest absolute Gasteiger partial charge is 0.154 e. The Bertz CT molecular complexity index is 543. The van der Waals surface area contributed by atoms with E-state index in [0.29, 0.717) is 0 Å². The average molecular weight is 309 g/mol. The highest BCUT2D eigenvalue weighted by Gasteiger charge is 2.21. The second-order valence-electron chi connectivity index (χ2n) is 4.95. The van der Waals surface area contributed by atoms with E-state index in [1.807, 2.05) is 23.8 Å². The van der Waals surface area contributed by atoms with Crippen molar-refractivity contribution in [1.29, 1.82) is 0 Å². The van der Waals surface area contributed by atoms with Gasteiger partial charge in [-0.15, -0.1) is 0 Å². The number of aromatic nitrogens is 3. The van der Waals surface area contributed by atoms with Crippen molar-refractivity contribution in [2.45, 2.75) is 19.8 Å². The average Bonchev–Trinajstić information content (AvgIpc) is 2.79. The third-order valence-corrected chi connectivity index (χ3v) is 4.54. The Morgan fingerprint density at radius 1 is 1.39 bits per heavy atom. The van der Waals surface area contributed by atoms with Crippen LogP contribution in [0.25, 0.3) is 5.52 Å². The lowest BCUT2D eigenvalue weighted by molar-refractivity contribution is 0.445. The summed E-state index contributed by atoms with van der Waals surface area (Å²) in [5.41, 5.74) is 2.16. The van der Waals surface area contributed by atoms with Gasteiger partial charge in [-0.2, -0.15) is 5.10 Å². The molecule has 1 aliphatic heterocycles. The summed E-state index contributed by atoms with van der Waals surface area (Å²) < 4.78 is 1.92. The molecule has 2 aromatic rings. The molecule has 4 nitrogen and oxygen atoms in total. The van der Waals surface area contributed by atoms with Gasteiger partial charge in [0.25, 0.3) is 0 Å². The van der Waals surface area contributed by atoms with Crippen molar-refractivity contribution in [2.24, 2.45) is 5.92 Å². The summed E-state index contributed by atoms with van der Waals surface area (Å²) in [7, 11) is 0. The second-order valence-corrected chi connectivity index (χ2v) is 5.60. The Balaban J connectivity index is 1.90. The molecule has 0 radical (unpaired) electrons. The van der Waals surface area contributed by atoms with Crippen molar-refractivity contribution in [1.82, 2.24) is 14.6 Å². The molecule has 1 saturated heterocycles. The molecule has 0 bridgehead atoms. The van der Waals surface area contributed by atoms with E-state index in [0.717, 1.165) is 41.4 Å². The maximum absolute atomic E-state index is 4.55. The van der Waals surface area contributed by atoms with E-state index in [1.165, 1.54) is 12.8 Å². The van der Waals surface area contributed by atoms with Gasteiger partial charge in [0.15, 0.2) is 5.82 Å². The van der Waals surface area contributed by atoms with Crippen LogP contribution in [0.15, 0.2) is 18.5 Å². The predicted molar refractivity (Wildman–Crippen MR) is 76.5 cm³/mol. The van der Waals surface area contributed by atoms with Gasteiger partial charge in [0.2, 0.25) is 0 Å². The number of piperidine rings is 1. The maximum Gasteiger partial charge on any atom is 0.154 e. The summed E-state index contributed by atoms with van der Waals surface area (Å²) in [6, 6.07) is 2.11. The van der Waals surface area contributed by atoms with Crippen molar-refractivity contribution in [3.63, 3.8) is 0 Å². The number of hydrogen-bond acceptors (Lipinski definition) is 3. The number of nitrogens with zero attached hydrogens (tertiary/aromatic N) is 4. The van der Waals surface area contributed by atoms with E-state index in [-0.39, 0.29) is 0 Å². The third kappa shape index (κ3) is 2.11. The van der Waals surface area contributed by atoms with Gasteiger partial charge < -0.3 is 4.90 Å². The van der Waals surface area contributed by atoms with Crippen LogP contribution in [0.1, 0.15) is 18.5 Å². The minimum atomic E-state index is 0.813. The first-order chi connectivity index (χ1) is 8.78. The summed E-state index contributed by atoms with van der Waals surface area (Å²) in [6.45, 7) is 4.20. The molecule has 3 heterocycles. The third-order valence-electron chi connectivity index (χ3n) is 3.62. The number of halogens is 1. The van der Waals surface area contributed by atoms with Gasteiger partial charge in [0, 0.05) is 30.8 Å². The van der Waals surface area contributed by atoms with E-state index < -0.39 is 0 Å². The zero-order chi connectivity index (χ0) is 12.5. The van der Waals surface area contributed by atoms with Gasteiger partial charge >= 0.3 is 0 Å². The molecule has 18 heavy (non-hydrogen) atoms. The van der Waals surface area contributed by atoms with Crippen LogP contribution in [0.5, 0.6) is 0 Å². The molecule has 0 saturated carbocycles. The number of hydrogen-bond donors (Lipinski definition) is 0. The Kier molecular flexibility index (Phi) is 3.24. The molecule has 3 rings (SSSR count). The van der Waals surface area contributed by atoms with Crippen molar-refractivity contribution in [2.75, 3.05) is 23.3 Å². The van der Waals surface area contributed by atoms with Gasteiger partial charge in [0.1, 0.15) is 5.52 Å². The Hall–Kier alpha value is -1.10. The SMILES string of the molecule is Cc1cc2c(N3CCC(CBr)CC3)nccn2n1. The number of fused-ring (bicyclic) bond motifs is 1. The lowest BCUT2D eigenvalue weighted by atomic mass is 9.99.